The number of rotatable bonds is 8. The molecule has 0 spiro atoms. The second kappa shape index (κ2) is 9.73. The lowest BCUT2D eigenvalue weighted by Gasteiger charge is -2.13. The zero-order valence-corrected chi connectivity index (χ0v) is 17.3. The van der Waals surface area contributed by atoms with Crippen molar-refractivity contribution < 1.29 is 14.6 Å². The fraction of sp³-hybridized carbons (Fsp3) is 0.136. The normalized spacial score (nSPS) is 10.6. The molecule has 0 aromatic heterocycles. The van der Waals surface area contributed by atoms with E-state index in [9.17, 15) is 4.79 Å². The van der Waals surface area contributed by atoms with Crippen molar-refractivity contribution in [3.63, 3.8) is 0 Å². The van der Waals surface area contributed by atoms with Gasteiger partial charge in [-0.2, -0.15) is 0 Å². The number of ether oxygens (including phenoxy) is 1. The molecule has 0 heterocycles. The Morgan fingerprint density at radius 2 is 1.79 bits per heavy atom. The van der Waals surface area contributed by atoms with Gasteiger partial charge in [-0.1, -0.05) is 51.8 Å². The van der Waals surface area contributed by atoms with Crippen molar-refractivity contribution in [2.45, 2.75) is 19.7 Å². The smallest absolute Gasteiger partial charge is 0.335 e. The standard InChI is InChI=1S/C22H19BrClNO3/c23-19-8-9-21(28-14-16-2-1-3-20(24)10-16)18(11-19)13-25-12-15-4-6-17(7-5-15)22(26)27/h1-11,25H,12-14H2,(H,26,27). The molecule has 0 amide bonds. The molecule has 0 aliphatic heterocycles. The molecule has 0 saturated heterocycles. The quantitative estimate of drug-likeness (QED) is 0.455. The van der Waals surface area contributed by atoms with Gasteiger partial charge in [0.05, 0.1) is 5.56 Å². The van der Waals surface area contributed by atoms with Crippen LogP contribution in [0.15, 0.2) is 71.2 Å². The molecular formula is C22H19BrClNO3. The lowest BCUT2D eigenvalue weighted by molar-refractivity contribution is 0.0697. The highest BCUT2D eigenvalue weighted by molar-refractivity contribution is 9.10. The first kappa shape index (κ1) is 20.4. The number of aromatic carboxylic acids is 1. The average molecular weight is 461 g/mol. The van der Waals surface area contributed by atoms with Gasteiger partial charge in [-0.15, -0.1) is 0 Å². The summed E-state index contributed by atoms with van der Waals surface area (Å²) in [6.45, 7) is 1.68. The van der Waals surface area contributed by atoms with Crippen LogP contribution in [-0.4, -0.2) is 11.1 Å². The fourth-order valence-electron chi connectivity index (χ4n) is 2.72. The lowest BCUT2D eigenvalue weighted by atomic mass is 10.1. The molecule has 3 aromatic rings. The maximum Gasteiger partial charge on any atom is 0.335 e. The number of hydrogen-bond acceptors (Lipinski definition) is 3. The van der Waals surface area contributed by atoms with Crippen molar-refractivity contribution >= 4 is 33.5 Å². The van der Waals surface area contributed by atoms with E-state index < -0.39 is 5.97 Å². The van der Waals surface area contributed by atoms with Crippen LogP contribution in [0.4, 0.5) is 0 Å². The fourth-order valence-corrected chi connectivity index (χ4v) is 3.34. The summed E-state index contributed by atoms with van der Waals surface area (Å²) in [4.78, 5) is 10.9. The summed E-state index contributed by atoms with van der Waals surface area (Å²) >= 11 is 9.53. The molecule has 4 nitrogen and oxygen atoms in total. The Balaban J connectivity index is 1.61. The second-order valence-electron chi connectivity index (χ2n) is 6.28. The predicted octanol–water partition coefficient (Wildman–Crippen LogP) is 5.67. The van der Waals surface area contributed by atoms with Gasteiger partial charge in [-0.3, -0.25) is 0 Å². The van der Waals surface area contributed by atoms with E-state index >= 15 is 0 Å². The third-order valence-electron chi connectivity index (χ3n) is 4.15. The summed E-state index contributed by atoms with van der Waals surface area (Å²) < 4.78 is 6.97. The third-order valence-corrected chi connectivity index (χ3v) is 4.88. The van der Waals surface area contributed by atoms with Crippen LogP contribution in [0.1, 0.15) is 27.0 Å². The first-order valence-corrected chi connectivity index (χ1v) is 9.87. The van der Waals surface area contributed by atoms with Crippen molar-refractivity contribution in [3.05, 3.63) is 98.5 Å². The van der Waals surface area contributed by atoms with Gasteiger partial charge in [0, 0.05) is 28.1 Å². The molecule has 0 aliphatic carbocycles. The summed E-state index contributed by atoms with van der Waals surface area (Å²) in [7, 11) is 0. The lowest BCUT2D eigenvalue weighted by Crippen LogP contribution is -2.14. The Morgan fingerprint density at radius 3 is 2.50 bits per heavy atom. The van der Waals surface area contributed by atoms with Crippen molar-refractivity contribution in [2.24, 2.45) is 0 Å². The largest absolute Gasteiger partial charge is 0.489 e. The van der Waals surface area contributed by atoms with E-state index in [0.717, 1.165) is 26.9 Å². The first-order valence-electron chi connectivity index (χ1n) is 8.70. The highest BCUT2D eigenvalue weighted by Gasteiger charge is 2.07. The Kier molecular flexibility index (Phi) is 7.09. The number of carboxylic acid groups (broad SMARTS) is 1. The van der Waals surface area contributed by atoms with Gasteiger partial charge in [0.1, 0.15) is 12.4 Å². The Morgan fingerprint density at radius 1 is 1.00 bits per heavy atom. The maximum atomic E-state index is 10.9. The molecule has 2 N–H and O–H groups in total. The van der Waals surface area contributed by atoms with E-state index in [2.05, 4.69) is 21.2 Å². The van der Waals surface area contributed by atoms with Gasteiger partial charge >= 0.3 is 5.97 Å². The van der Waals surface area contributed by atoms with Gasteiger partial charge in [0.2, 0.25) is 0 Å². The van der Waals surface area contributed by atoms with Crippen LogP contribution in [0.3, 0.4) is 0 Å². The zero-order chi connectivity index (χ0) is 19.9. The number of benzene rings is 3. The third kappa shape index (κ3) is 5.83. The predicted molar refractivity (Wildman–Crippen MR) is 114 cm³/mol. The minimum atomic E-state index is -0.921. The molecule has 0 aliphatic rings. The van der Waals surface area contributed by atoms with E-state index in [1.54, 1.807) is 12.1 Å². The van der Waals surface area contributed by atoms with Gasteiger partial charge < -0.3 is 15.2 Å². The SMILES string of the molecule is O=C(O)c1ccc(CNCc2cc(Br)ccc2OCc2cccc(Cl)c2)cc1. The zero-order valence-electron chi connectivity index (χ0n) is 15.0. The van der Waals surface area contributed by atoms with E-state index in [1.165, 1.54) is 0 Å². The van der Waals surface area contributed by atoms with E-state index in [1.807, 2.05) is 54.6 Å². The Hall–Kier alpha value is -2.34. The number of carboxylic acids is 1. The summed E-state index contributed by atoms with van der Waals surface area (Å²) in [5.41, 5.74) is 3.33. The van der Waals surface area contributed by atoms with Gasteiger partial charge in [0.25, 0.3) is 0 Å². The number of carbonyl (C=O) groups is 1. The summed E-state index contributed by atoms with van der Waals surface area (Å²) in [5, 5.41) is 13.0. The van der Waals surface area contributed by atoms with Crippen LogP contribution in [0.2, 0.25) is 5.02 Å². The van der Waals surface area contributed by atoms with Crippen LogP contribution in [0.25, 0.3) is 0 Å². The summed E-state index contributed by atoms with van der Waals surface area (Å²) in [6, 6.07) is 20.4. The molecule has 0 bridgehead atoms. The van der Waals surface area contributed by atoms with Crippen LogP contribution < -0.4 is 10.1 Å². The maximum absolute atomic E-state index is 10.9. The number of nitrogens with one attached hydrogen (secondary N) is 1. The molecule has 0 radical (unpaired) electrons. The molecule has 28 heavy (non-hydrogen) atoms. The monoisotopic (exact) mass is 459 g/mol. The molecular weight excluding hydrogens is 442 g/mol. The van der Waals surface area contributed by atoms with Gasteiger partial charge in [-0.25, -0.2) is 4.79 Å². The first-order chi connectivity index (χ1) is 13.5. The van der Waals surface area contributed by atoms with E-state index in [4.69, 9.17) is 21.4 Å². The second-order valence-corrected chi connectivity index (χ2v) is 7.63. The molecule has 0 atom stereocenters. The molecule has 144 valence electrons. The van der Waals surface area contributed by atoms with Crippen molar-refractivity contribution in [1.82, 2.24) is 5.32 Å². The van der Waals surface area contributed by atoms with Crippen molar-refractivity contribution in [1.29, 1.82) is 0 Å². The number of halogens is 2. The molecule has 0 saturated carbocycles. The minimum absolute atomic E-state index is 0.285. The van der Waals surface area contributed by atoms with Crippen molar-refractivity contribution in [3.8, 4) is 5.75 Å². The van der Waals surface area contributed by atoms with Gasteiger partial charge in [-0.05, 0) is 53.6 Å². The summed E-state index contributed by atoms with van der Waals surface area (Å²) in [5.74, 6) is -0.118. The summed E-state index contributed by atoms with van der Waals surface area (Å²) in [6.07, 6.45) is 0. The van der Waals surface area contributed by atoms with Crippen molar-refractivity contribution in [2.75, 3.05) is 0 Å². The molecule has 3 aromatic carbocycles. The van der Waals surface area contributed by atoms with Crippen LogP contribution in [-0.2, 0) is 19.7 Å². The van der Waals surface area contributed by atoms with Crippen LogP contribution in [0, 0.1) is 0 Å². The van der Waals surface area contributed by atoms with E-state index in [-0.39, 0.29) is 5.56 Å². The highest BCUT2D eigenvalue weighted by atomic mass is 79.9. The van der Waals surface area contributed by atoms with Crippen LogP contribution in [0.5, 0.6) is 5.75 Å². The topological polar surface area (TPSA) is 58.6 Å². The Labute approximate surface area is 177 Å². The van der Waals surface area contributed by atoms with Crippen LogP contribution >= 0.6 is 27.5 Å². The molecule has 3 rings (SSSR count). The molecule has 6 heteroatoms. The minimum Gasteiger partial charge on any atom is -0.489 e. The molecule has 0 unspecified atom stereocenters. The van der Waals surface area contributed by atoms with Gasteiger partial charge in [0.15, 0.2) is 0 Å². The number of hydrogen-bond donors (Lipinski definition) is 2. The highest BCUT2D eigenvalue weighted by Crippen LogP contribution is 2.24. The van der Waals surface area contributed by atoms with E-state index in [0.29, 0.717) is 24.7 Å². The average Bonchev–Trinajstić information content (AvgIpc) is 2.68. The Bertz CT molecular complexity index is 960. The molecule has 0 fully saturated rings.